The summed E-state index contributed by atoms with van der Waals surface area (Å²) in [5, 5.41) is 11.7. The highest BCUT2D eigenvalue weighted by atomic mass is 32.1. The maximum Gasteiger partial charge on any atom is 0.323 e. The molecule has 7 heteroatoms. The molecule has 2 N–H and O–H groups in total. The second kappa shape index (κ2) is 6.91. The van der Waals surface area contributed by atoms with E-state index < -0.39 is 12.0 Å². The minimum Gasteiger partial charge on any atom is -0.480 e. The van der Waals surface area contributed by atoms with Crippen molar-refractivity contribution >= 4 is 29.1 Å². The Morgan fingerprint density at radius 2 is 2.14 bits per heavy atom. The van der Waals surface area contributed by atoms with Crippen molar-refractivity contribution in [1.29, 1.82) is 0 Å². The lowest BCUT2D eigenvalue weighted by Gasteiger charge is -2.23. The molecular weight excluding hydrogens is 304 g/mol. The van der Waals surface area contributed by atoms with Crippen molar-refractivity contribution < 1.29 is 19.5 Å². The first kappa shape index (κ1) is 16.5. The molecule has 2 heterocycles. The van der Waals surface area contributed by atoms with E-state index in [-0.39, 0.29) is 18.4 Å². The first-order valence-corrected chi connectivity index (χ1v) is 8.08. The fourth-order valence-corrected chi connectivity index (χ4v) is 3.58. The number of aliphatic carboxylic acids is 1. The molecule has 6 nitrogen and oxygen atoms in total. The molecule has 1 unspecified atom stereocenters. The van der Waals surface area contributed by atoms with Crippen LogP contribution < -0.4 is 5.32 Å². The number of likely N-dealkylation sites (tertiary alicyclic amines) is 1. The van der Waals surface area contributed by atoms with Crippen LogP contribution in [0.5, 0.6) is 0 Å². The Kier molecular flexibility index (Phi) is 5.18. The highest BCUT2D eigenvalue weighted by Gasteiger charge is 2.30. The maximum absolute atomic E-state index is 12.4. The highest BCUT2D eigenvalue weighted by molar-refractivity contribution is 7.14. The van der Waals surface area contributed by atoms with Crippen molar-refractivity contribution in [3.05, 3.63) is 21.4 Å². The predicted octanol–water partition coefficient (Wildman–Crippen LogP) is 1.56. The van der Waals surface area contributed by atoms with Gasteiger partial charge in [-0.05, 0) is 44.7 Å². The second-order valence-corrected chi connectivity index (χ2v) is 6.80. The van der Waals surface area contributed by atoms with E-state index in [9.17, 15) is 14.4 Å². The number of carbonyl (C=O) groups excluding carboxylic acids is 2. The third-order valence-corrected chi connectivity index (χ3v) is 4.81. The first-order valence-electron chi connectivity index (χ1n) is 7.27. The van der Waals surface area contributed by atoms with Crippen LogP contribution in [0.2, 0.25) is 0 Å². The molecule has 1 atom stereocenters. The number of carboxylic acids is 1. The van der Waals surface area contributed by atoms with E-state index >= 15 is 0 Å². The predicted molar refractivity (Wildman–Crippen MR) is 83.1 cm³/mol. The minimum atomic E-state index is -1.04. The van der Waals surface area contributed by atoms with Crippen molar-refractivity contribution in [2.24, 2.45) is 0 Å². The summed E-state index contributed by atoms with van der Waals surface area (Å²) >= 11 is 1.40. The van der Waals surface area contributed by atoms with E-state index in [1.807, 2.05) is 19.9 Å². The normalized spacial score (nSPS) is 18.9. The van der Waals surface area contributed by atoms with Gasteiger partial charge >= 0.3 is 5.97 Å². The van der Waals surface area contributed by atoms with E-state index in [1.54, 1.807) is 0 Å². The molecule has 22 heavy (non-hydrogen) atoms. The molecule has 1 saturated heterocycles. The zero-order valence-electron chi connectivity index (χ0n) is 12.7. The number of amides is 2. The zero-order valence-corrected chi connectivity index (χ0v) is 13.5. The van der Waals surface area contributed by atoms with Crippen molar-refractivity contribution in [2.45, 2.75) is 39.2 Å². The van der Waals surface area contributed by atoms with E-state index in [1.165, 1.54) is 16.2 Å². The molecule has 1 aliphatic heterocycles. The molecule has 2 rings (SSSR count). The summed E-state index contributed by atoms with van der Waals surface area (Å²) in [5.74, 6) is -1.60. The van der Waals surface area contributed by atoms with Gasteiger partial charge in [0.15, 0.2) is 0 Å². The lowest BCUT2D eigenvalue weighted by molar-refractivity contribution is -0.144. The topological polar surface area (TPSA) is 86.7 Å². The fourth-order valence-electron chi connectivity index (χ4n) is 2.65. The van der Waals surface area contributed by atoms with E-state index in [4.69, 9.17) is 5.11 Å². The molecule has 1 aromatic rings. The van der Waals surface area contributed by atoms with Gasteiger partial charge in [-0.15, -0.1) is 11.3 Å². The first-order chi connectivity index (χ1) is 10.4. The van der Waals surface area contributed by atoms with Gasteiger partial charge in [0.1, 0.15) is 12.6 Å². The molecule has 1 aromatic heterocycles. The fraction of sp³-hybridized carbons (Fsp3) is 0.533. The van der Waals surface area contributed by atoms with E-state index in [0.29, 0.717) is 17.8 Å². The average Bonchev–Trinajstić information content (AvgIpc) is 2.69. The van der Waals surface area contributed by atoms with Gasteiger partial charge < -0.3 is 15.3 Å². The SMILES string of the molecule is Cc1cc(C)c(C(=O)NC2CCCCN(CC(=O)O)C2=O)s1. The van der Waals surface area contributed by atoms with Crippen LogP contribution in [0, 0.1) is 13.8 Å². The third-order valence-electron chi connectivity index (χ3n) is 3.66. The quantitative estimate of drug-likeness (QED) is 0.880. The number of aryl methyl sites for hydroxylation is 2. The van der Waals surface area contributed by atoms with Gasteiger partial charge in [0.05, 0.1) is 4.88 Å². The minimum absolute atomic E-state index is 0.258. The number of carbonyl (C=O) groups is 3. The summed E-state index contributed by atoms with van der Waals surface area (Å²) in [6, 6.07) is 1.29. The van der Waals surface area contributed by atoms with Crippen LogP contribution in [0.1, 0.15) is 39.4 Å². The molecular formula is C15H20N2O4S. The number of nitrogens with zero attached hydrogens (tertiary/aromatic N) is 1. The number of rotatable bonds is 4. The number of hydrogen-bond donors (Lipinski definition) is 2. The van der Waals surface area contributed by atoms with E-state index in [0.717, 1.165) is 23.3 Å². The summed E-state index contributed by atoms with van der Waals surface area (Å²) in [5.41, 5.74) is 0.892. The van der Waals surface area contributed by atoms with Gasteiger partial charge in [-0.25, -0.2) is 0 Å². The van der Waals surface area contributed by atoms with Crippen LogP contribution >= 0.6 is 11.3 Å². The summed E-state index contributed by atoms with van der Waals surface area (Å²) in [7, 11) is 0. The number of nitrogens with one attached hydrogen (secondary N) is 1. The number of carboxylic acid groups (broad SMARTS) is 1. The molecule has 0 bridgehead atoms. The number of hydrogen-bond acceptors (Lipinski definition) is 4. The largest absolute Gasteiger partial charge is 0.480 e. The van der Waals surface area contributed by atoms with Crippen LogP contribution in [0.4, 0.5) is 0 Å². The zero-order chi connectivity index (χ0) is 16.3. The van der Waals surface area contributed by atoms with Crippen molar-refractivity contribution in [2.75, 3.05) is 13.1 Å². The lowest BCUT2D eigenvalue weighted by atomic mass is 10.1. The van der Waals surface area contributed by atoms with Gasteiger partial charge in [0.2, 0.25) is 5.91 Å². The van der Waals surface area contributed by atoms with Crippen LogP contribution in [-0.4, -0.2) is 46.9 Å². The van der Waals surface area contributed by atoms with Crippen molar-refractivity contribution in [3.8, 4) is 0 Å². The summed E-state index contributed by atoms with van der Waals surface area (Å²) in [4.78, 5) is 38.5. The Bertz CT molecular complexity index is 596. The Hall–Kier alpha value is -1.89. The monoisotopic (exact) mass is 324 g/mol. The Morgan fingerprint density at radius 3 is 2.73 bits per heavy atom. The summed E-state index contributed by atoms with van der Waals surface area (Å²) in [6.45, 7) is 3.90. The van der Waals surface area contributed by atoms with Crippen LogP contribution in [0.25, 0.3) is 0 Å². The van der Waals surface area contributed by atoms with Gasteiger partial charge in [-0.2, -0.15) is 0 Å². The Balaban J connectivity index is 2.09. The summed E-state index contributed by atoms with van der Waals surface area (Å²) < 4.78 is 0. The molecule has 0 radical (unpaired) electrons. The van der Waals surface area contributed by atoms with Crippen molar-refractivity contribution in [1.82, 2.24) is 10.2 Å². The molecule has 1 aliphatic rings. The second-order valence-electron chi connectivity index (χ2n) is 5.54. The third kappa shape index (κ3) is 3.85. The molecule has 120 valence electrons. The van der Waals surface area contributed by atoms with Crippen LogP contribution in [-0.2, 0) is 9.59 Å². The molecule has 2 amide bonds. The molecule has 0 spiro atoms. The van der Waals surface area contributed by atoms with Crippen LogP contribution in [0.3, 0.4) is 0 Å². The smallest absolute Gasteiger partial charge is 0.323 e. The molecule has 0 saturated carbocycles. The van der Waals surface area contributed by atoms with Gasteiger partial charge in [0, 0.05) is 11.4 Å². The van der Waals surface area contributed by atoms with Gasteiger partial charge in [-0.1, -0.05) is 0 Å². The van der Waals surface area contributed by atoms with Crippen molar-refractivity contribution in [3.63, 3.8) is 0 Å². The Labute approximate surface area is 133 Å². The molecule has 0 aliphatic carbocycles. The maximum atomic E-state index is 12.4. The van der Waals surface area contributed by atoms with Gasteiger partial charge in [0.25, 0.3) is 5.91 Å². The van der Waals surface area contributed by atoms with Crippen LogP contribution in [0.15, 0.2) is 6.07 Å². The summed E-state index contributed by atoms with van der Waals surface area (Å²) in [6.07, 6.45) is 2.09. The van der Waals surface area contributed by atoms with Gasteiger partial charge in [-0.3, -0.25) is 14.4 Å². The standard InChI is InChI=1S/C15H20N2O4S/c1-9-7-10(2)22-13(9)14(20)16-11-5-3-4-6-17(15(11)21)8-12(18)19/h7,11H,3-6,8H2,1-2H3,(H,16,20)(H,18,19). The highest BCUT2D eigenvalue weighted by Crippen LogP contribution is 2.21. The lowest BCUT2D eigenvalue weighted by Crippen LogP contribution is -2.48. The number of thiophene rings is 1. The van der Waals surface area contributed by atoms with E-state index in [2.05, 4.69) is 5.32 Å². The Morgan fingerprint density at radius 1 is 1.41 bits per heavy atom. The average molecular weight is 324 g/mol. The molecule has 1 fully saturated rings. The molecule has 0 aromatic carbocycles.